The molecule has 0 saturated carbocycles. The third kappa shape index (κ3) is 3.21. The van der Waals surface area contributed by atoms with E-state index < -0.39 is 6.04 Å². The lowest BCUT2D eigenvalue weighted by molar-refractivity contribution is -0.123. The predicted molar refractivity (Wildman–Crippen MR) is 111 cm³/mol. The number of hydrogen-bond acceptors (Lipinski definition) is 5. The lowest BCUT2D eigenvalue weighted by Gasteiger charge is -2.23. The Hall–Kier alpha value is -3.07. The summed E-state index contributed by atoms with van der Waals surface area (Å²) in [5.74, 6) is 0.509. The number of benzene rings is 2. The average Bonchev–Trinajstić information content (AvgIpc) is 3.17. The van der Waals surface area contributed by atoms with Gasteiger partial charge in [0.05, 0.1) is 5.52 Å². The van der Waals surface area contributed by atoms with Crippen molar-refractivity contribution in [2.45, 2.75) is 18.9 Å². The van der Waals surface area contributed by atoms with Gasteiger partial charge in [0.1, 0.15) is 11.9 Å². The first kappa shape index (κ1) is 18.0. The molecule has 5 rings (SSSR count). The van der Waals surface area contributed by atoms with Gasteiger partial charge in [-0.15, -0.1) is 5.10 Å². The van der Waals surface area contributed by atoms with Crippen LogP contribution in [0.3, 0.4) is 0 Å². The van der Waals surface area contributed by atoms with Crippen LogP contribution < -0.4 is 10.6 Å². The van der Waals surface area contributed by atoms with E-state index in [0.29, 0.717) is 35.9 Å². The molecule has 7 nitrogen and oxygen atoms in total. The van der Waals surface area contributed by atoms with Crippen molar-refractivity contribution in [2.24, 2.45) is 0 Å². The largest absolute Gasteiger partial charge is 0.354 e. The van der Waals surface area contributed by atoms with Crippen LogP contribution in [0.15, 0.2) is 46.9 Å². The number of amides is 1. The number of nitrogens with one attached hydrogen (secondary N) is 2. The summed E-state index contributed by atoms with van der Waals surface area (Å²) >= 11 is 3.54. The first-order valence-corrected chi connectivity index (χ1v) is 10.0. The number of fused-ring (bicyclic) bond motifs is 3. The summed E-state index contributed by atoms with van der Waals surface area (Å²) in [5, 5.41) is 11.5. The number of para-hydroxylation sites is 1. The van der Waals surface area contributed by atoms with E-state index in [1.807, 2.05) is 18.2 Å². The molecular formula is C20H16BrFN6O. The smallest absolute Gasteiger partial charge is 0.242 e. The molecule has 3 heterocycles. The molecule has 1 aliphatic heterocycles. The van der Waals surface area contributed by atoms with Crippen LogP contribution in [0.2, 0.25) is 0 Å². The molecule has 1 aliphatic rings. The highest BCUT2D eigenvalue weighted by atomic mass is 79.9. The maximum absolute atomic E-state index is 13.3. The van der Waals surface area contributed by atoms with Gasteiger partial charge in [-0.2, -0.15) is 4.52 Å². The first-order chi connectivity index (χ1) is 14.1. The lowest BCUT2D eigenvalue weighted by Crippen LogP contribution is -2.44. The summed E-state index contributed by atoms with van der Waals surface area (Å²) in [7, 11) is 0. The standard InChI is InChI=1S/C20H16BrFN6O/c21-14-4-1-3-13-16(14)25-20(24-15-5-2-10-23-19(15)29)28-18(13)26-17(27-28)11-6-8-12(22)9-7-11/h1,3-4,6-9,15H,2,5,10H2,(H,23,29)(H,24,25)/t15-/m1/s1. The highest BCUT2D eigenvalue weighted by Crippen LogP contribution is 2.29. The number of anilines is 1. The van der Waals surface area contributed by atoms with Gasteiger partial charge in [-0.1, -0.05) is 6.07 Å². The Balaban J connectivity index is 1.70. The summed E-state index contributed by atoms with van der Waals surface area (Å²) in [6.45, 7) is 0.682. The Labute approximate surface area is 173 Å². The molecule has 0 radical (unpaired) electrons. The number of rotatable bonds is 3. The molecule has 9 heteroatoms. The Morgan fingerprint density at radius 2 is 2.00 bits per heavy atom. The van der Waals surface area contributed by atoms with E-state index in [1.54, 1.807) is 16.6 Å². The molecule has 1 atom stereocenters. The molecule has 1 fully saturated rings. The molecule has 0 bridgehead atoms. The maximum atomic E-state index is 13.3. The molecule has 2 aromatic carbocycles. The van der Waals surface area contributed by atoms with Gasteiger partial charge >= 0.3 is 0 Å². The normalized spacial score (nSPS) is 16.9. The van der Waals surface area contributed by atoms with Gasteiger partial charge in [0.2, 0.25) is 11.9 Å². The van der Waals surface area contributed by atoms with E-state index in [9.17, 15) is 9.18 Å². The quantitative estimate of drug-likeness (QED) is 0.494. The lowest BCUT2D eigenvalue weighted by atomic mass is 10.1. The fourth-order valence-electron chi connectivity index (χ4n) is 3.48. The summed E-state index contributed by atoms with van der Waals surface area (Å²) < 4.78 is 15.7. The second-order valence-electron chi connectivity index (χ2n) is 6.88. The monoisotopic (exact) mass is 454 g/mol. The molecular weight excluding hydrogens is 439 g/mol. The zero-order chi connectivity index (χ0) is 20.0. The van der Waals surface area contributed by atoms with Gasteiger partial charge < -0.3 is 10.6 Å². The molecule has 0 aliphatic carbocycles. The van der Waals surface area contributed by atoms with Gasteiger partial charge in [-0.3, -0.25) is 4.79 Å². The maximum Gasteiger partial charge on any atom is 0.242 e. The molecule has 29 heavy (non-hydrogen) atoms. The Kier molecular flexibility index (Phi) is 4.39. The van der Waals surface area contributed by atoms with Crippen LogP contribution in [0.4, 0.5) is 10.3 Å². The van der Waals surface area contributed by atoms with E-state index in [0.717, 1.165) is 21.8 Å². The highest BCUT2D eigenvalue weighted by molar-refractivity contribution is 9.10. The summed E-state index contributed by atoms with van der Waals surface area (Å²) in [6.07, 6.45) is 1.60. The van der Waals surface area contributed by atoms with Crippen molar-refractivity contribution < 1.29 is 9.18 Å². The summed E-state index contributed by atoms with van der Waals surface area (Å²) in [5.41, 5.74) is 2.02. The Morgan fingerprint density at radius 1 is 1.17 bits per heavy atom. The fraction of sp³-hybridized carbons (Fsp3) is 0.200. The number of carbonyl (C=O) groups is 1. The van der Waals surface area contributed by atoms with Gasteiger partial charge in [-0.05, 0) is 65.2 Å². The number of carbonyl (C=O) groups excluding carboxylic acids is 1. The molecule has 146 valence electrons. The Bertz CT molecular complexity index is 1240. The third-order valence-corrected chi connectivity index (χ3v) is 5.58. The van der Waals surface area contributed by atoms with E-state index in [1.165, 1.54) is 12.1 Å². The molecule has 1 amide bonds. The van der Waals surface area contributed by atoms with Crippen molar-refractivity contribution in [3.8, 4) is 11.4 Å². The van der Waals surface area contributed by atoms with Crippen molar-refractivity contribution >= 4 is 44.3 Å². The predicted octanol–water partition coefficient (Wildman–Crippen LogP) is 3.54. The molecule has 2 aromatic heterocycles. The van der Waals surface area contributed by atoms with Crippen LogP contribution in [0.25, 0.3) is 27.9 Å². The van der Waals surface area contributed by atoms with E-state index in [2.05, 4.69) is 36.6 Å². The zero-order valence-electron chi connectivity index (χ0n) is 15.2. The van der Waals surface area contributed by atoms with Gasteiger partial charge in [-0.25, -0.2) is 14.4 Å². The van der Waals surface area contributed by atoms with E-state index in [4.69, 9.17) is 4.98 Å². The number of hydrogen-bond donors (Lipinski definition) is 2. The van der Waals surface area contributed by atoms with E-state index in [-0.39, 0.29) is 11.7 Å². The minimum Gasteiger partial charge on any atom is -0.354 e. The third-order valence-electron chi connectivity index (χ3n) is 4.94. The van der Waals surface area contributed by atoms with Gasteiger partial charge in [0.15, 0.2) is 11.5 Å². The molecule has 2 N–H and O–H groups in total. The van der Waals surface area contributed by atoms with Crippen LogP contribution >= 0.6 is 15.9 Å². The van der Waals surface area contributed by atoms with Crippen molar-refractivity contribution in [3.63, 3.8) is 0 Å². The van der Waals surface area contributed by atoms with Crippen LogP contribution in [-0.4, -0.2) is 38.1 Å². The second-order valence-corrected chi connectivity index (χ2v) is 7.73. The van der Waals surface area contributed by atoms with Crippen LogP contribution in [0, 0.1) is 5.82 Å². The van der Waals surface area contributed by atoms with Crippen LogP contribution in [0.1, 0.15) is 12.8 Å². The fourth-order valence-corrected chi connectivity index (χ4v) is 3.93. The minimum atomic E-state index is -0.391. The highest BCUT2D eigenvalue weighted by Gasteiger charge is 2.24. The zero-order valence-corrected chi connectivity index (χ0v) is 16.8. The topological polar surface area (TPSA) is 84.2 Å². The number of halogens is 2. The second kappa shape index (κ2) is 7.07. The average molecular weight is 455 g/mol. The summed E-state index contributed by atoms with van der Waals surface area (Å²) in [6, 6.07) is 11.4. The van der Waals surface area contributed by atoms with Crippen molar-refractivity contribution in [2.75, 3.05) is 11.9 Å². The van der Waals surface area contributed by atoms with Crippen LogP contribution in [-0.2, 0) is 4.79 Å². The molecule has 4 aromatic rings. The summed E-state index contributed by atoms with van der Waals surface area (Å²) in [4.78, 5) is 21.6. The SMILES string of the molecule is O=C1NCCC[C@H]1Nc1nc2c(Br)cccc2c2nc(-c3ccc(F)cc3)nn12. The first-order valence-electron chi connectivity index (χ1n) is 9.25. The van der Waals surface area contributed by atoms with Crippen LogP contribution in [0.5, 0.6) is 0 Å². The van der Waals surface area contributed by atoms with Gasteiger partial charge in [0.25, 0.3) is 0 Å². The van der Waals surface area contributed by atoms with Gasteiger partial charge in [0, 0.05) is 22.0 Å². The number of piperidine rings is 1. The van der Waals surface area contributed by atoms with E-state index >= 15 is 0 Å². The van der Waals surface area contributed by atoms with Crippen molar-refractivity contribution in [1.82, 2.24) is 24.9 Å². The number of aromatic nitrogens is 4. The molecule has 1 saturated heterocycles. The van der Waals surface area contributed by atoms with Crippen molar-refractivity contribution in [3.05, 3.63) is 52.8 Å². The van der Waals surface area contributed by atoms with Crippen molar-refractivity contribution in [1.29, 1.82) is 0 Å². The number of nitrogens with zero attached hydrogens (tertiary/aromatic N) is 4. The minimum absolute atomic E-state index is 0.0581. The molecule has 0 spiro atoms. The Morgan fingerprint density at radius 3 is 2.79 bits per heavy atom. The molecule has 0 unspecified atom stereocenters.